The van der Waals surface area contributed by atoms with Gasteiger partial charge >= 0.3 is 0 Å². The summed E-state index contributed by atoms with van der Waals surface area (Å²) in [6, 6.07) is 14.3. The third-order valence-corrected chi connectivity index (χ3v) is 7.10. The molecule has 1 saturated heterocycles. The Morgan fingerprint density at radius 1 is 1.12 bits per heavy atom. The van der Waals surface area contributed by atoms with E-state index in [-0.39, 0.29) is 5.82 Å². The van der Waals surface area contributed by atoms with Crippen molar-refractivity contribution in [1.82, 2.24) is 19.7 Å². The van der Waals surface area contributed by atoms with Gasteiger partial charge in [-0.1, -0.05) is 30.0 Å². The average Bonchev–Trinajstić information content (AvgIpc) is 3.50. The molecule has 0 bridgehead atoms. The molecule has 4 aromatic rings. The summed E-state index contributed by atoms with van der Waals surface area (Å²) in [7, 11) is 1.66. The third-order valence-electron chi connectivity index (χ3n) is 5.21. The van der Waals surface area contributed by atoms with E-state index in [1.807, 2.05) is 40.3 Å². The Bertz CT molecular complexity index is 1240. The van der Waals surface area contributed by atoms with Crippen LogP contribution in [0.25, 0.3) is 16.3 Å². The normalized spacial score (nSPS) is 13.9. The molecular formula is C23H22FN5O2S2. The number of benzene rings is 2. The van der Waals surface area contributed by atoms with E-state index in [1.165, 1.54) is 23.9 Å². The number of ether oxygens (including phenoxy) is 2. The van der Waals surface area contributed by atoms with Crippen LogP contribution in [-0.2, 0) is 10.5 Å². The molecule has 0 amide bonds. The monoisotopic (exact) mass is 483 g/mol. The van der Waals surface area contributed by atoms with Crippen molar-refractivity contribution < 1.29 is 13.9 Å². The Hall–Kier alpha value is -2.95. The molecule has 1 fully saturated rings. The number of hydrogen-bond donors (Lipinski definition) is 0. The fraction of sp³-hybridized carbons (Fsp3) is 0.261. The van der Waals surface area contributed by atoms with E-state index in [0.29, 0.717) is 48.8 Å². The van der Waals surface area contributed by atoms with E-state index in [9.17, 15) is 4.39 Å². The maximum absolute atomic E-state index is 14.0. The molecule has 5 rings (SSSR count). The smallest absolute Gasteiger partial charge is 0.232 e. The Labute approximate surface area is 199 Å². The number of anilines is 1. The van der Waals surface area contributed by atoms with Gasteiger partial charge in [-0.15, -0.1) is 21.5 Å². The van der Waals surface area contributed by atoms with E-state index in [1.54, 1.807) is 24.5 Å². The van der Waals surface area contributed by atoms with Crippen molar-refractivity contribution in [1.29, 1.82) is 0 Å². The SMILES string of the molecule is COc1ccccc1-c1nc(CSc2nnc(N3CCOCC3)n2-c2cccc(F)c2)cs1. The van der Waals surface area contributed by atoms with E-state index < -0.39 is 0 Å². The second kappa shape index (κ2) is 9.90. The third kappa shape index (κ3) is 4.73. The standard InChI is InChI=1S/C23H22FN5O2S2/c1-30-20-8-3-2-7-19(20)21-25-17(14-32-21)15-33-23-27-26-22(28-9-11-31-12-10-28)29(23)18-6-4-5-16(24)13-18/h2-8,13-14H,9-12,15H2,1H3. The number of morpholine rings is 1. The first kappa shape index (κ1) is 21.9. The van der Waals surface area contributed by atoms with Gasteiger partial charge in [0.05, 0.1) is 37.3 Å². The molecule has 0 saturated carbocycles. The zero-order chi connectivity index (χ0) is 22.6. The minimum absolute atomic E-state index is 0.300. The quantitative estimate of drug-likeness (QED) is 0.354. The van der Waals surface area contributed by atoms with Gasteiger partial charge in [0, 0.05) is 24.2 Å². The second-order valence-corrected chi connectivity index (χ2v) is 9.13. The molecule has 1 aliphatic heterocycles. The first-order chi connectivity index (χ1) is 16.2. The molecule has 0 spiro atoms. The number of aromatic nitrogens is 4. The second-order valence-electron chi connectivity index (χ2n) is 7.33. The van der Waals surface area contributed by atoms with Crippen molar-refractivity contribution in [3.05, 3.63) is 65.4 Å². The molecule has 2 aromatic heterocycles. The van der Waals surface area contributed by atoms with Crippen LogP contribution in [-0.4, -0.2) is 53.2 Å². The molecule has 0 atom stereocenters. The van der Waals surface area contributed by atoms with Crippen molar-refractivity contribution >= 4 is 29.0 Å². The number of para-hydroxylation sites is 1. The van der Waals surface area contributed by atoms with E-state index >= 15 is 0 Å². The van der Waals surface area contributed by atoms with Crippen molar-refractivity contribution in [3.63, 3.8) is 0 Å². The van der Waals surface area contributed by atoms with Crippen LogP contribution >= 0.6 is 23.1 Å². The number of nitrogens with zero attached hydrogens (tertiary/aromatic N) is 5. The minimum Gasteiger partial charge on any atom is -0.496 e. The summed E-state index contributed by atoms with van der Waals surface area (Å²) in [6.07, 6.45) is 0. The van der Waals surface area contributed by atoms with Gasteiger partial charge in [-0.05, 0) is 30.3 Å². The van der Waals surface area contributed by atoms with E-state index in [4.69, 9.17) is 14.5 Å². The highest BCUT2D eigenvalue weighted by atomic mass is 32.2. The summed E-state index contributed by atoms with van der Waals surface area (Å²) in [6.45, 7) is 2.69. The Balaban J connectivity index is 1.41. The Kier molecular flexibility index (Phi) is 6.56. The van der Waals surface area contributed by atoms with Gasteiger partial charge in [0.15, 0.2) is 5.16 Å². The number of hydrogen-bond acceptors (Lipinski definition) is 8. The lowest BCUT2D eigenvalue weighted by Crippen LogP contribution is -2.37. The van der Waals surface area contributed by atoms with Crippen LogP contribution in [0.4, 0.5) is 10.3 Å². The van der Waals surface area contributed by atoms with Crippen LogP contribution in [0, 0.1) is 5.82 Å². The van der Waals surface area contributed by atoms with Crippen LogP contribution in [0.15, 0.2) is 59.1 Å². The predicted octanol–water partition coefficient (Wildman–Crippen LogP) is 4.67. The maximum atomic E-state index is 14.0. The fourth-order valence-corrected chi connectivity index (χ4v) is 5.42. The van der Waals surface area contributed by atoms with Crippen LogP contribution in [0.5, 0.6) is 5.75 Å². The van der Waals surface area contributed by atoms with Gasteiger partial charge in [-0.25, -0.2) is 9.37 Å². The van der Waals surface area contributed by atoms with Crippen LogP contribution < -0.4 is 9.64 Å². The molecule has 1 aliphatic rings. The summed E-state index contributed by atoms with van der Waals surface area (Å²) in [5, 5.41) is 12.5. The molecular weight excluding hydrogens is 461 g/mol. The lowest BCUT2D eigenvalue weighted by molar-refractivity contribution is 0.122. The summed E-state index contributed by atoms with van der Waals surface area (Å²) in [5.74, 6) is 1.81. The van der Waals surface area contributed by atoms with Gasteiger partial charge in [0.1, 0.15) is 16.6 Å². The summed E-state index contributed by atoms with van der Waals surface area (Å²) < 4.78 is 26.9. The highest BCUT2D eigenvalue weighted by molar-refractivity contribution is 7.98. The molecule has 33 heavy (non-hydrogen) atoms. The fourth-order valence-electron chi connectivity index (χ4n) is 3.62. The van der Waals surface area contributed by atoms with Crippen molar-refractivity contribution in [2.75, 3.05) is 38.3 Å². The number of thioether (sulfide) groups is 1. The first-order valence-electron chi connectivity index (χ1n) is 10.5. The predicted molar refractivity (Wildman–Crippen MR) is 128 cm³/mol. The molecule has 0 aliphatic carbocycles. The summed E-state index contributed by atoms with van der Waals surface area (Å²) in [4.78, 5) is 6.91. The maximum Gasteiger partial charge on any atom is 0.232 e. The largest absolute Gasteiger partial charge is 0.496 e. The highest BCUT2D eigenvalue weighted by Crippen LogP contribution is 2.34. The molecule has 0 N–H and O–H groups in total. The molecule has 2 aromatic carbocycles. The topological polar surface area (TPSA) is 65.3 Å². The molecule has 0 unspecified atom stereocenters. The number of methoxy groups -OCH3 is 1. The zero-order valence-corrected chi connectivity index (χ0v) is 19.6. The number of halogens is 1. The van der Waals surface area contributed by atoms with Gasteiger partial charge in [0.2, 0.25) is 5.95 Å². The number of thiazole rings is 1. The molecule has 7 nitrogen and oxygen atoms in total. The van der Waals surface area contributed by atoms with Crippen molar-refractivity contribution in [2.24, 2.45) is 0 Å². The molecule has 3 heterocycles. The molecule has 170 valence electrons. The Morgan fingerprint density at radius 3 is 2.79 bits per heavy atom. The van der Waals surface area contributed by atoms with E-state index in [0.717, 1.165) is 22.0 Å². The zero-order valence-electron chi connectivity index (χ0n) is 18.0. The molecule has 10 heteroatoms. The van der Waals surface area contributed by atoms with Gasteiger partial charge < -0.3 is 14.4 Å². The summed E-state index contributed by atoms with van der Waals surface area (Å²) >= 11 is 3.10. The van der Waals surface area contributed by atoms with Crippen LogP contribution in [0.1, 0.15) is 5.69 Å². The van der Waals surface area contributed by atoms with E-state index in [2.05, 4.69) is 15.1 Å². The number of rotatable bonds is 7. The Morgan fingerprint density at radius 2 is 1.97 bits per heavy atom. The lowest BCUT2D eigenvalue weighted by Gasteiger charge is -2.27. The highest BCUT2D eigenvalue weighted by Gasteiger charge is 2.22. The van der Waals surface area contributed by atoms with Gasteiger partial charge in [-0.2, -0.15) is 0 Å². The van der Waals surface area contributed by atoms with Crippen molar-refractivity contribution in [2.45, 2.75) is 10.9 Å². The lowest BCUT2D eigenvalue weighted by atomic mass is 10.2. The minimum atomic E-state index is -0.300. The van der Waals surface area contributed by atoms with Gasteiger partial charge in [0.25, 0.3) is 0 Å². The van der Waals surface area contributed by atoms with Gasteiger partial charge in [-0.3, -0.25) is 4.57 Å². The summed E-state index contributed by atoms with van der Waals surface area (Å²) in [5.41, 5.74) is 2.60. The molecule has 0 radical (unpaired) electrons. The van der Waals surface area contributed by atoms with Crippen molar-refractivity contribution in [3.8, 4) is 22.0 Å². The average molecular weight is 484 g/mol. The first-order valence-corrected chi connectivity index (χ1v) is 12.3. The van der Waals surface area contributed by atoms with Crippen LogP contribution in [0.3, 0.4) is 0 Å². The van der Waals surface area contributed by atoms with Crippen LogP contribution in [0.2, 0.25) is 0 Å².